The third kappa shape index (κ3) is 2.95. The van der Waals surface area contributed by atoms with Crippen molar-refractivity contribution in [3.8, 4) is 0 Å². The van der Waals surface area contributed by atoms with Gasteiger partial charge in [0.15, 0.2) is 11.0 Å². The molecule has 3 atom stereocenters. The number of carbonyl (C=O) groups is 1. The number of fused-ring (bicyclic) bond motifs is 1. The van der Waals surface area contributed by atoms with Crippen LogP contribution in [0.25, 0.3) is 0 Å². The van der Waals surface area contributed by atoms with Gasteiger partial charge in [0, 0.05) is 24.3 Å². The number of nitrogen functional groups attached to an aromatic ring is 1. The van der Waals surface area contributed by atoms with Gasteiger partial charge in [-0.3, -0.25) is 10.3 Å². The van der Waals surface area contributed by atoms with Crippen LogP contribution in [0.1, 0.15) is 24.8 Å². The number of nitrogens with two attached hydrogens (primary N) is 1. The molecule has 1 aromatic rings. The first-order chi connectivity index (χ1) is 11.5. The monoisotopic (exact) mass is 353 g/mol. The summed E-state index contributed by atoms with van der Waals surface area (Å²) in [6.45, 7) is 0. The van der Waals surface area contributed by atoms with Gasteiger partial charge in [-0.1, -0.05) is 23.9 Å². The van der Waals surface area contributed by atoms with Crippen LogP contribution in [0.3, 0.4) is 0 Å². The molecular formula is C16H20FN3O3S. The summed E-state index contributed by atoms with van der Waals surface area (Å²) in [6.07, 6.45) is 1.00. The Morgan fingerprint density at radius 1 is 1.58 bits per heavy atom. The number of aliphatic imine (C=N–C) groups is 1. The second kappa shape index (κ2) is 6.60. The molecule has 0 spiro atoms. The van der Waals surface area contributed by atoms with E-state index < -0.39 is 17.4 Å². The van der Waals surface area contributed by atoms with Crippen molar-refractivity contribution in [1.82, 2.24) is 5.32 Å². The first kappa shape index (κ1) is 17.0. The maximum atomic E-state index is 14.8. The first-order valence-electron chi connectivity index (χ1n) is 7.76. The zero-order valence-corrected chi connectivity index (χ0v) is 14.1. The van der Waals surface area contributed by atoms with Gasteiger partial charge in [0.05, 0.1) is 17.3 Å². The topological polar surface area (TPSA) is 96.9 Å². The van der Waals surface area contributed by atoms with E-state index in [4.69, 9.17) is 15.6 Å². The summed E-state index contributed by atoms with van der Waals surface area (Å²) in [5.74, 6) is 0.230. The zero-order valence-electron chi connectivity index (χ0n) is 13.3. The lowest BCUT2D eigenvalue weighted by Gasteiger charge is -2.46. The quantitative estimate of drug-likeness (QED) is 0.711. The van der Waals surface area contributed by atoms with E-state index in [9.17, 15) is 9.18 Å². The van der Waals surface area contributed by atoms with Gasteiger partial charge in [-0.15, -0.1) is 0 Å². The van der Waals surface area contributed by atoms with Gasteiger partial charge in [0.1, 0.15) is 0 Å². The molecule has 0 bridgehead atoms. The van der Waals surface area contributed by atoms with Crippen molar-refractivity contribution in [2.24, 2.45) is 10.9 Å². The van der Waals surface area contributed by atoms with Crippen LogP contribution in [-0.4, -0.2) is 35.3 Å². The standard InChI is InChI=1S/C16H20FN3O3S/c1-23-10-5-6-16(11-3-2-4-12(18)13(11)17)9(7-10)8-24-14(20-16)19-15(21)22/h2-4,9-10H,5-8,18H2,1H3,(H,19,20)(H,21,22)/t9-,10+,16-/m1/s1. The molecule has 0 saturated heterocycles. The fourth-order valence-corrected chi connectivity index (χ4v) is 4.79. The minimum absolute atomic E-state index is 0.0526. The van der Waals surface area contributed by atoms with Gasteiger partial charge in [0.2, 0.25) is 0 Å². The molecule has 1 aliphatic carbocycles. The number of carboxylic acid groups (broad SMARTS) is 1. The van der Waals surface area contributed by atoms with E-state index in [1.165, 1.54) is 17.8 Å². The van der Waals surface area contributed by atoms with E-state index in [-0.39, 0.29) is 17.7 Å². The number of ether oxygens (including phenoxy) is 1. The molecule has 1 saturated carbocycles. The number of anilines is 1. The Balaban J connectivity index is 2.08. The van der Waals surface area contributed by atoms with Crippen LogP contribution >= 0.6 is 11.8 Å². The fraction of sp³-hybridized carbons (Fsp3) is 0.500. The van der Waals surface area contributed by atoms with Gasteiger partial charge in [-0.2, -0.15) is 0 Å². The van der Waals surface area contributed by atoms with Gasteiger partial charge in [0.25, 0.3) is 0 Å². The minimum atomic E-state index is -1.17. The highest BCUT2D eigenvalue weighted by Gasteiger charge is 2.49. The van der Waals surface area contributed by atoms with E-state index in [2.05, 4.69) is 10.3 Å². The Bertz CT molecular complexity index is 685. The molecule has 6 nitrogen and oxygen atoms in total. The fourth-order valence-electron chi connectivity index (χ4n) is 3.63. The molecule has 1 aliphatic heterocycles. The molecule has 1 fully saturated rings. The Morgan fingerprint density at radius 3 is 3.08 bits per heavy atom. The predicted molar refractivity (Wildman–Crippen MR) is 91.7 cm³/mol. The number of amidine groups is 1. The maximum Gasteiger partial charge on any atom is 0.410 e. The minimum Gasteiger partial charge on any atom is -0.465 e. The number of nitrogens with zero attached hydrogens (tertiary/aromatic N) is 1. The van der Waals surface area contributed by atoms with Gasteiger partial charge < -0.3 is 15.6 Å². The smallest absolute Gasteiger partial charge is 0.410 e. The number of benzene rings is 1. The first-order valence-corrected chi connectivity index (χ1v) is 8.74. The molecule has 3 rings (SSSR count). The average molecular weight is 353 g/mol. The number of methoxy groups -OCH3 is 1. The lowest BCUT2D eigenvalue weighted by molar-refractivity contribution is 0.0229. The Labute approximate surface area is 143 Å². The van der Waals surface area contributed by atoms with Crippen LogP contribution in [0, 0.1) is 11.7 Å². The van der Waals surface area contributed by atoms with Gasteiger partial charge in [-0.25, -0.2) is 9.18 Å². The Kier molecular flexibility index (Phi) is 4.69. The molecule has 0 radical (unpaired) electrons. The highest BCUT2D eigenvalue weighted by atomic mass is 32.2. The summed E-state index contributed by atoms with van der Waals surface area (Å²) >= 11 is 1.34. The number of thioether (sulfide) groups is 1. The van der Waals surface area contributed by atoms with Crippen LogP contribution in [0.2, 0.25) is 0 Å². The third-order valence-corrected chi connectivity index (χ3v) is 5.87. The van der Waals surface area contributed by atoms with Crippen molar-refractivity contribution in [3.05, 3.63) is 29.6 Å². The number of hydrogen-bond donors (Lipinski definition) is 3. The largest absolute Gasteiger partial charge is 0.465 e. The number of amides is 1. The van der Waals surface area contributed by atoms with E-state index in [0.29, 0.717) is 22.9 Å². The lowest BCUT2D eigenvalue weighted by atomic mass is 9.68. The van der Waals surface area contributed by atoms with E-state index >= 15 is 0 Å². The van der Waals surface area contributed by atoms with E-state index in [0.717, 1.165) is 12.8 Å². The molecule has 1 heterocycles. The molecule has 1 aromatic carbocycles. The lowest BCUT2D eigenvalue weighted by Crippen LogP contribution is -2.47. The number of nitrogens with one attached hydrogen (secondary N) is 1. The van der Waals surface area contributed by atoms with Crippen LogP contribution in [-0.2, 0) is 10.3 Å². The van der Waals surface area contributed by atoms with Crippen LogP contribution in [0.4, 0.5) is 14.9 Å². The molecule has 1 amide bonds. The van der Waals surface area contributed by atoms with Crippen LogP contribution in [0.15, 0.2) is 23.2 Å². The van der Waals surface area contributed by atoms with Gasteiger partial charge >= 0.3 is 6.09 Å². The van der Waals surface area contributed by atoms with Crippen molar-refractivity contribution in [1.29, 1.82) is 0 Å². The summed E-state index contributed by atoms with van der Waals surface area (Å²) in [5.41, 5.74) is 5.46. The van der Waals surface area contributed by atoms with E-state index in [1.54, 1.807) is 19.2 Å². The SMILES string of the molecule is CO[C@H]1CC[C@@]2(c3cccc(N)c3F)N=C(NC(=O)O)SC[C@H]2C1. The van der Waals surface area contributed by atoms with Crippen molar-refractivity contribution in [2.45, 2.75) is 30.9 Å². The van der Waals surface area contributed by atoms with Crippen molar-refractivity contribution in [3.63, 3.8) is 0 Å². The third-order valence-electron chi connectivity index (χ3n) is 4.83. The molecule has 8 heteroatoms. The maximum absolute atomic E-state index is 14.8. The summed E-state index contributed by atoms with van der Waals surface area (Å²) in [5, 5.41) is 11.6. The molecule has 0 unspecified atom stereocenters. The summed E-state index contributed by atoms with van der Waals surface area (Å²) in [7, 11) is 1.68. The van der Waals surface area contributed by atoms with Crippen LogP contribution < -0.4 is 11.1 Å². The molecule has 0 aromatic heterocycles. The van der Waals surface area contributed by atoms with Crippen molar-refractivity contribution >= 4 is 28.7 Å². The Morgan fingerprint density at radius 2 is 2.38 bits per heavy atom. The molecule has 130 valence electrons. The molecular weight excluding hydrogens is 333 g/mol. The highest BCUT2D eigenvalue weighted by molar-refractivity contribution is 8.13. The second-order valence-corrected chi connectivity index (χ2v) is 7.13. The summed E-state index contributed by atoms with van der Waals surface area (Å²) in [4.78, 5) is 15.6. The van der Waals surface area contributed by atoms with Gasteiger partial charge in [-0.05, 0) is 25.3 Å². The van der Waals surface area contributed by atoms with E-state index in [1.807, 2.05) is 0 Å². The number of rotatable bonds is 2. The normalized spacial score (nSPS) is 29.5. The van der Waals surface area contributed by atoms with Crippen molar-refractivity contribution < 1.29 is 19.0 Å². The molecule has 24 heavy (non-hydrogen) atoms. The summed E-state index contributed by atoms with van der Waals surface area (Å²) < 4.78 is 20.2. The average Bonchev–Trinajstić information content (AvgIpc) is 2.56. The molecule has 4 N–H and O–H groups in total. The predicted octanol–water partition coefficient (Wildman–Crippen LogP) is 2.79. The molecule has 2 aliphatic rings. The highest BCUT2D eigenvalue weighted by Crippen LogP contribution is 2.50. The second-order valence-electron chi connectivity index (χ2n) is 6.12. The van der Waals surface area contributed by atoms with Crippen LogP contribution in [0.5, 0.6) is 0 Å². The number of hydrogen-bond acceptors (Lipinski definition) is 5. The summed E-state index contributed by atoms with van der Waals surface area (Å²) in [6, 6.07) is 4.93. The number of halogens is 1. The zero-order chi connectivity index (χ0) is 17.3. The Hall–Kier alpha value is -1.80. The van der Waals surface area contributed by atoms with Crippen molar-refractivity contribution in [2.75, 3.05) is 18.6 Å².